The van der Waals surface area contributed by atoms with E-state index in [1.807, 2.05) is 0 Å². The van der Waals surface area contributed by atoms with Gasteiger partial charge in [-0.2, -0.15) is 0 Å². The molecule has 0 aliphatic rings. The quantitative estimate of drug-likeness (QED) is 0.318. The molecular formula is C19H22O7. The van der Waals surface area contributed by atoms with E-state index in [1.54, 1.807) is 45.0 Å². The van der Waals surface area contributed by atoms with E-state index >= 15 is 0 Å². The molecule has 0 heterocycles. The highest BCUT2D eigenvalue weighted by Crippen LogP contribution is 2.23. The van der Waals surface area contributed by atoms with Crippen LogP contribution in [0.15, 0.2) is 24.3 Å². The van der Waals surface area contributed by atoms with Crippen LogP contribution in [0.3, 0.4) is 0 Å². The first-order valence-electron chi connectivity index (χ1n) is 8.25. The average molecular weight is 362 g/mol. The van der Waals surface area contributed by atoms with Crippen molar-refractivity contribution in [3.8, 4) is 11.8 Å². The number of hydrogen-bond donors (Lipinski definition) is 0. The maximum absolute atomic E-state index is 12.2. The summed E-state index contributed by atoms with van der Waals surface area (Å²) in [5.41, 5.74) is 0.805. The molecule has 0 saturated carbocycles. The Balaban J connectivity index is 3.05. The normalized spacial score (nSPS) is 9.69. The van der Waals surface area contributed by atoms with Crippen LogP contribution in [0.25, 0.3) is 0 Å². The summed E-state index contributed by atoms with van der Waals surface area (Å²) in [5.74, 6) is 2.80. The van der Waals surface area contributed by atoms with Crippen LogP contribution in [-0.2, 0) is 28.5 Å². The zero-order chi connectivity index (χ0) is 19.4. The minimum absolute atomic E-state index is 0.135. The Morgan fingerprint density at radius 1 is 0.885 bits per heavy atom. The molecule has 140 valence electrons. The Kier molecular flexibility index (Phi) is 9.33. The molecular weight excluding hydrogens is 340 g/mol. The van der Waals surface area contributed by atoms with Crippen molar-refractivity contribution < 1.29 is 33.3 Å². The maximum atomic E-state index is 12.2. The Hall–Kier alpha value is -3.01. The molecule has 1 aromatic rings. The second-order valence-corrected chi connectivity index (χ2v) is 4.80. The van der Waals surface area contributed by atoms with Crippen LogP contribution in [0.5, 0.6) is 0 Å². The highest BCUT2D eigenvalue weighted by atomic mass is 16.7. The second-order valence-electron chi connectivity index (χ2n) is 4.80. The first kappa shape index (κ1) is 21.0. The molecule has 1 aromatic carbocycles. The smallest absolute Gasteiger partial charge is 0.465 e. The molecule has 1 rings (SSSR count). The number of carbonyl (C=O) groups is 3. The van der Waals surface area contributed by atoms with Crippen molar-refractivity contribution in [1.82, 2.24) is 0 Å². The molecule has 0 atom stereocenters. The van der Waals surface area contributed by atoms with Crippen LogP contribution in [0.1, 0.15) is 37.8 Å². The van der Waals surface area contributed by atoms with Gasteiger partial charge in [0.25, 0.3) is 0 Å². The van der Waals surface area contributed by atoms with Gasteiger partial charge in [-0.05, 0) is 32.4 Å². The van der Waals surface area contributed by atoms with E-state index in [1.165, 1.54) is 0 Å². The van der Waals surface area contributed by atoms with E-state index in [9.17, 15) is 14.4 Å². The van der Waals surface area contributed by atoms with Gasteiger partial charge in [-0.25, -0.2) is 4.79 Å². The van der Waals surface area contributed by atoms with Gasteiger partial charge < -0.3 is 18.9 Å². The van der Waals surface area contributed by atoms with Gasteiger partial charge in [0, 0.05) is 5.56 Å². The summed E-state index contributed by atoms with van der Waals surface area (Å²) in [7, 11) is 0. The van der Waals surface area contributed by atoms with Crippen LogP contribution >= 0.6 is 0 Å². The van der Waals surface area contributed by atoms with Crippen LogP contribution in [0.4, 0.5) is 4.79 Å². The molecule has 7 heteroatoms. The summed E-state index contributed by atoms with van der Waals surface area (Å²) in [6.45, 7) is 5.25. The summed E-state index contributed by atoms with van der Waals surface area (Å²) in [6, 6.07) is 6.65. The molecule has 0 aromatic heterocycles. The highest BCUT2D eigenvalue weighted by molar-refractivity contribution is 6.01. The average Bonchev–Trinajstić information content (AvgIpc) is 2.61. The summed E-state index contributed by atoms with van der Waals surface area (Å²) in [6.07, 6.45) is -0.814. The predicted molar refractivity (Wildman–Crippen MR) is 92.3 cm³/mol. The van der Waals surface area contributed by atoms with Crippen molar-refractivity contribution in [2.75, 3.05) is 26.4 Å². The topological polar surface area (TPSA) is 88.1 Å². The molecule has 0 spiro atoms. The second kappa shape index (κ2) is 11.5. The Morgan fingerprint density at radius 2 is 1.46 bits per heavy atom. The molecule has 0 radical (unpaired) electrons. The van der Waals surface area contributed by atoms with Crippen molar-refractivity contribution in [2.45, 2.75) is 26.7 Å². The van der Waals surface area contributed by atoms with E-state index in [4.69, 9.17) is 14.2 Å². The van der Waals surface area contributed by atoms with Crippen molar-refractivity contribution in [3.05, 3.63) is 35.4 Å². The fourth-order valence-corrected chi connectivity index (χ4v) is 2.05. The third-order valence-electron chi connectivity index (χ3n) is 3.06. The first-order valence-corrected chi connectivity index (χ1v) is 8.25. The molecule has 0 aliphatic carbocycles. The molecule has 0 unspecified atom stereocenters. The van der Waals surface area contributed by atoms with Crippen LogP contribution < -0.4 is 0 Å². The van der Waals surface area contributed by atoms with Gasteiger partial charge in [-0.15, -0.1) is 0 Å². The highest BCUT2D eigenvalue weighted by Gasteiger charge is 2.32. The van der Waals surface area contributed by atoms with Gasteiger partial charge >= 0.3 is 18.1 Å². The lowest BCUT2D eigenvalue weighted by Gasteiger charge is -2.16. The maximum Gasteiger partial charge on any atom is 0.509 e. The van der Waals surface area contributed by atoms with E-state index in [-0.39, 0.29) is 26.4 Å². The summed E-state index contributed by atoms with van der Waals surface area (Å²) in [4.78, 5) is 35.6. The summed E-state index contributed by atoms with van der Waals surface area (Å²) >= 11 is 0. The van der Waals surface area contributed by atoms with Crippen molar-refractivity contribution >= 4 is 18.1 Å². The lowest BCUT2D eigenvalue weighted by atomic mass is 9.94. The van der Waals surface area contributed by atoms with Gasteiger partial charge in [0.1, 0.15) is 0 Å². The van der Waals surface area contributed by atoms with E-state index in [0.29, 0.717) is 11.1 Å². The fourth-order valence-electron chi connectivity index (χ4n) is 2.05. The van der Waals surface area contributed by atoms with Gasteiger partial charge in [-0.1, -0.05) is 30.0 Å². The Labute approximate surface area is 152 Å². The third-order valence-corrected chi connectivity index (χ3v) is 3.06. The van der Waals surface area contributed by atoms with Crippen molar-refractivity contribution in [2.24, 2.45) is 0 Å². The van der Waals surface area contributed by atoms with Gasteiger partial charge in [0.05, 0.1) is 19.8 Å². The molecule has 7 nitrogen and oxygen atoms in total. The van der Waals surface area contributed by atoms with Crippen LogP contribution in [0.2, 0.25) is 0 Å². The number of carbonyl (C=O) groups excluding carboxylic acids is 3. The number of esters is 2. The summed E-state index contributed by atoms with van der Waals surface area (Å²) in [5, 5.41) is 0. The van der Waals surface area contributed by atoms with Crippen molar-refractivity contribution in [3.63, 3.8) is 0 Å². The molecule has 0 fully saturated rings. The number of benzene rings is 1. The number of rotatable bonds is 7. The van der Waals surface area contributed by atoms with Gasteiger partial charge in [-0.3, -0.25) is 9.59 Å². The van der Waals surface area contributed by atoms with Gasteiger partial charge in [0.15, 0.2) is 12.5 Å². The number of ether oxygens (including phenoxy) is 4. The fraction of sp³-hybridized carbons (Fsp3) is 0.421. The van der Waals surface area contributed by atoms with Gasteiger partial charge in [0.2, 0.25) is 0 Å². The van der Waals surface area contributed by atoms with Crippen LogP contribution in [-0.4, -0.2) is 44.5 Å². The molecule has 0 saturated heterocycles. The third kappa shape index (κ3) is 6.48. The minimum Gasteiger partial charge on any atom is -0.465 e. The molecule has 26 heavy (non-hydrogen) atoms. The summed E-state index contributed by atoms with van der Waals surface area (Å²) < 4.78 is 19.4. The Bertz CT molecular complexity index is 667. The molecule has 0 bridgehead atoms. The van der Waals surface area contributed by atoms with E-state index < -0.39 is 24.0 Å². The largest absolute Gasteiger partial charge is 0.509 e. The lowest BCUT2D eigenvalue weighted by molar-refractivity contribution is -0.156. The Morgan fingerprint density at radius 3 is 2.04 bits per heavy atom. The molecule has 0 aliphatic heterocycles. The monoisotopic (exact) mass is 362 g/mol. The molecule has 0 amide bonds. The lowest BCUT2D eigenvalue weighted by Crippen LogP contribution is -2.27. The molecule has 0 N–H and O–H groups in total. The van der Waals surface area contributed by atoms with Crippen LogP contribution in [0, 0.1) is 11.8 Å². The zero-order valence-electron chi connectivity index (χ0n) is 15.1. The SMILES string of the molecule is CCOC(=O)OCC#Cc1ccccc1C(C(=O)OCC)C(=O)OCC. The number of hydrogen-bond acceptors (Lipinski definition) is 7. The first-order chi connectivity index (χ1) is 12.5. The van der Waals surface area contributed by atoms with E-state index in [0.717, 1.165) is 0 Å². The predicted octanol–water partition coefficient (Wildman–Crippen LogP) is 2.42. The minimum atomic E-state index is -1.23. The van der Waals surface area contributed by atoms with Crippen molar-refractivity contribution in [1.29, 1.82) is 0 Å². The zero-order valence-corrected chi connectivity index (χ0v) is 15.1. The van der Waals surface area contributed by atoms with E-state index in [2.05, 4.69) is 16.6 Å². The standard InChI is InChI=1S/C19H22O7/c1-4-23-17(20)16(18(21)24-5-2)15-12-8-7-10-14(15)11-9-13-26-19(22)25-6-3/h7-8,10,12,16H,4-6,13H2,1-3H3.